The van der Waals surface area contributed by atoms with Crippen LogP contribution >= 0.6 is 12.6 Å². The van der Waals surface area contributed by atoms with Crippen LogP contribution in [0.25, 0.3) is 0 Å². The molecule has 1 unspecified atom stereocenters. The highest BCUT2D eigenvalue weighted by molar-refractivity contribution is 7.80. The van der Waals surface area contributed by atoms with Gasteiger partial charge in [-0.1, -0.05) is 20.8 Å². The summed E-state index contributed by atoms with van der Waals surface area (Å²) in [5.74, 6) is 1.62. The molecule has 2 rings (SSSR count). The predicted octanol–water partition coefficient (Wildman–Crippen LogP) is 1.97. The molecule has 0 bridgehead atoms. The maximum Gasteiger partial charge on any atom is 0.501 e. The van der Waals surface area contributed by atoms with Crippen LogP contribution < -0.4 is 21.7 Å². The zero-order valence-electron chi connectivity index (χ0n) is 23.1. The zero-order chi connectivity index (χ0) is 27.9. The summed E-state index contributed by atoms with van der Waals surface area (Å²) in [7, 11) is -5.56. The van der Waals surface area contributed by atoms with Crippen molar-refractivity contribution in [2.75, 3.05) is 65.0 Å². The van der Waals surface area contributed by atoms with Crippen molar-refractivity contribution in [3.63, 3.8) is 0 Å². The summed E-state index contributed by atoms with van der Waals surface area (Å²) in [5.41, 5.74) is 5.00. The molecule has 2 fully saturated rings. The Morgan fingerprint density at radius 3 is 1.82 bits per heavy atom. The van der Waals surface area contributed by atoms with E-state index in [1.807, 2.05) is 0 Å². The summed E-state index contributed by atoms with van der Waals surface area (Å²) in [5, 5.41) is 7.87. The molecule has 0 aromatic heterocycles. The van der Waals surface area contributed by atoms with Gasteiger partial charge in [0.1, 0.15) is 0 Å². The van der Waals surface area contributed by atoms with Gasteiger partial charge < -0.3 is 48.2 Å². The van der Waals surface area contributed by atoms with Crippen molar-refractivity contribution in [1.29, 1.82) is 0 Å². The lowest BCUT2D eigenvalue weighted by Gasteiger charge is -2.38. The fourth-order valence-corrected chi connectivity index (χ4v) is 9.94. The number of hydrogen-bond acceptors (Lipinski definition) is 9. The van der Waals surface area contributed by atoms with Crippen LogP contribution in [-0.4, -0.2) is 94.7 Å². The summed E-state index contributed by atoms with van der Waals surface area (Å²) in [6, 6.07) is 0.468. The van der Waals surface area contributed by atoms with E-state index in [1.165, 1.54) is 0 Å². The van der Waals surface area contributed by atoms with Crippen molar-refractivity contribution < 1.29 is 36.1 Å². The standard InChI is InChI=1S/C23H48N4O8SSi2/c1-19-13-30-37(31-14-19,11-5-4-10-36)32-15-20(2)16-33-38(34-17-21(3)18-35-38)12-6-7-26-23(29)27-9-8-25-22(24)28/h19-21,36H,4-18H2,1-3H3,(H3,24,25,28)(H2,26,27,29). The molecule has 2 aliphatic heterocycles. The van der Waals surface area contributed by atoms with Gasteiger partial charge in [0.2, 0.25) is 0 Å². The molecule has 0 aromatic carbocycles. The maximum absolute atomic E-state index is 11.9. The van der Waals surface area contributed by atoms with Crippen LogP contribution in [-0.2, 0) is 26.6 Å². The molecule has 5 N–H and O–H groups in total. The molecule has 2 aliphatic rings. The summed E-state index contributed by atoms with van der Waals surface area (Å²) < 4.78 is 37.3. The third kappa shape index (κ3) is 13.0. The van der Waals surface area contributed by atoms with Crippen molar-refractivity contribution in [1.82, 2.24) is 16.0 Å². The maximum atomic E-state index is 11.9. The van der Waals surface area contributed by atoms with Crippen molar-refractivity contribution in [3.05, 3.63) is 0 Å². The summed E-state index contributed by atoms with van der Waals surface area (Å²) in [6.07, 6.45) is 2.63. The number of amides is 4. The molecule has 2 saturated heterocycles. The Morgan fingerprint density at radius 2 is 1.32 bits per heavy atom. The quantitative estimate of drug-likeness (QED) is 0.0971. The number of nitrogens with two attached hydrogens (primary N) is 1. The Morgan fingerprint density at radius 1 is 0.842 bits per heavy atom. The Balaban J connectivity index is 1.77. The average molecular weight is 597 g/mol. The Hall–Kier alpha value is -0.916. The minimum atomic E-state index is -2.87. The van der Waals surface area contributed by atoms with Gasteiger partial charge in [-0.05, 0) is 25.0 Å². The number of primary amides is 1. The lowest BCUT2D eigenvalue weighted by atomic mass is 10.2. The molecule has 222 valence electrons. The highest BCUT2D eigenvalue weighted by Crippen LogP contribution is 2.27. The molecular weight excluding hydrogens is 549 g/mol. The van der Waals surface area contributed by atoms with Gasteiger partial charge in [0.05, 0.1) is 0 Å². The van der Waals surface area contributed by atoms with E-state index in [0.717, 1.165) is 24.6 Å². The smallest absolute Gasteiger partial charge is 0.373 e. The van der Waals surface area contributed by atoms with Crippen molar-refractivity contribution in [3.8, 4) is 0 Å². The topological polar surface area (TPSA) is 152 Å². The van der Waals surface area contributed by atoms with Crippen molar-refractivity contribution in [2.24, 2.45) is 23.5 Å². The average Bonchev–Trinajstić information content (AvgIpc) is 2.90. The van der Waals surface area contributed by atoms with Crippen LogP contribution in [0.5, 0.6) is 0 Å². The molecule has 0 aromatic rings. The lowest BCUT2D eigenvalue weighted by Crippen LogP contribution is -2.53. The third-order valence-corrected chi connectivity index (χ3v) is 12.0. The van der Waals surface area contributed by atoms with Gasteiger partial charge in [-0.25, -0.2) is 9.59 Å². The molecule has 12 nitrogen and oxygen atoms in total. The number of nitrogens with one attached hydrogen (secondary N) is 3. The molecule has 0 saturated carbocycles. The Labute approximate surface area is 234 Å². The molecule has 1 atom stereocenters. The van der Waals surface area contributed by atoms with E-state index in [2.05, 4.69) is 49.4 Å². The van der Waals surface area contributed by atoms with Gasteiger partial charge in [-0.2, -0.15) is 12.6 Å². The first-order valence-electron chi connectivity index (χ1n) is 13.7. The van der Waals surface area contributed by atoms with E-state index in [0.29, 0.717) is 70.5 Å². The number of rotatable bonds is 17. The number of thiol groups is 1. The largest absolute Gasteiger partial charge is 0.501 e. The monoisotopic (exact) mass is 596 g/mol. The van der Waals surface area contributed by atoms with E-state index in [9.17, 15) is 9.59 Å². The van der Waals surface area contributed by atoms with Gasteiger partial charge in [-0.3, -0.25) is 0 Å². The predicted molar refractivity (Wildman–Crippen MR) is 151 cm³/mol. The fourth-order valence-electron chi connectivity index (χ4n) is 3.83. The molecule has 38 heavy (non-hydrogen) atoms. The third-order valence-electron chi connectivity index (χ3n) is 6.07. The van der Waals surface area contributed by atoms with E-state index in [1.54, 1.807) is 0 Å². The van der Waals surface area contributed by atoms with Crippen molar-refractivity contribution >= 4 is 42.3 Å². The van der Waals surface area contributed by atoms with Gasteiger partial charge in [-0.15, -0.1) is 0 Å². The summed E-state index contributed by atoms with van der Waals surface area (Å²) in [4.78, 5) is 22.6. The van der Waals surface area contributed by atoms with E-state index < -0.39 is 23.6 Å². The van der Waals surface area contributed by atoms with Gasteiger partial charge in [0, 0.05) is 89.1 Å². The molecule has 2 heterocycles. The molecular formula is C23H48N4O8SSi2. The first kappa shape index (κ1) is 33.3. The Bertz CT molecular complexity index is 698. The van der Waals surface area contributed by atoms with Crippen LogP contribution in [0, 0.1) is 17.8 Å². The number of carbonyl (C=O) groups is 2. The first-order valence-corrected chi connectivity index (χ1v) is 18.2. The summed E-state index contributed by atoms with van der Waals surface area (Å²) >= 11 is 4.32. The second-order valence-corrected chi connectivity index (χ2v) is 16.2. The normalized spacial score (nSPS) is 28.4. The minimum Gasteiger partial charge on any atom is -0.373 e. The van der Waals surface area contributed by atoms with Crippen LogP contribution in [0.1, 0.15) is 40.0 Å². The number of unbranched alkanes of at least 4 members (excludes halogenated alkanes) is 1. The van der Waals surface area contributed by atoms with Gasteiger partial charge in [0.25, 0.3) is 0 Å². The second kappa shape index (κ2) is 17.7. The second-order valence-electron chi connectivity index (χ2n) is 10.3. The minimum absolute atomic E-state index is 0.102. The van der Waals surface area contributed by atoms with E-state index in [4.69, 9.17) is 32.3 Å². The number of hydrogen-bond donors (Lipinski definition) is 5. The van der Waals surface area contributed by atoms with Crippen LogP contribution in [0.3, 0.4) is 0 Å². The van der Waals surface area contributed by atoms with E-state index >= 15 is 0 Å². The first-order chi connectivity index (χ1) is 18.2. The Kier molecular flexibility index (Phi) is 15.5. The van der Waals surface area contributed by atoms with Gasteiger partial charge in [0.15, 0.2) is 0 Å². The lowest BCUT2D eigenvalue weighted by molar-refractivity contribution is -0.0268. The van der Waals surface area contributed by atoms with Crippen LogP contribution in [0.2, 0.25) is 12.1 Å². The highest BCUT2D eigenvalue weighted by atomic mass is 32.1. The zero-order valence-corrected chi connectivity index (χ0v) is 26.0. The SMILES string of the molecule is CC1CO[Si](CCCCS)(OCC(C)CO[Si]2(CCCNC(=O)NCCNC(N)=O)OCC(C)CO2)OC1. The number of carbonyl (C=O) groups excluding carboxylic acids is 2. The molecule has 0 aliphatic carbocycles. The van der Waals surface area contributed by atoms with Crippen molar-refractivity contribution in [2.45, 2.75) is 52.1 Å². The fraction of sp³-hybridized carbons (Fsp3) is 0.913. The molecule has 0 spiro atoms. The van der Waals surface area contributed by atoms with Gasteiger partial charge >= 0.3 is 29.7 Å². The molecule has 4 amide bonds. The summed E-state index contributed by atoms with van der Waals surface area (Å²) in [6.45, 7) is 10.7. The van der Waals surface area contributed by atoms with E-state index in [-0.39, 0.29) is 25.0 Å². The number of urea groups is 2. The molecule has 15 heteroatoms. The molecule has 0 radical (unpaired) electrons. The van der Waals surface area contributed by atoms with Crippen LogP contribution in [0.15, 0.2) is 0 Å². The van der Waals surface area contributed by atoms with Crippen LogP contribution in [0.4, 0.5) is 9.59 Å². The highest BCUT2D eigenvalue weighted by Gasteiger charge is 2.46.